The minimum absolute atomic E-state index is 0.122. The first-order valence-electron chi connectivity index (χ1n) is 8.15. The average molecular weight is 357 g/mol. The fraction of sp³-hybridized carbons (Fsp3) is 0.263. The Morgan fingerprint density at radius 2 is 1.58 bits per heavy atom. The number of carbonyl (C=O) groups is 2. The highest BCUT2D eigenvalue weighted by atomic mass is 16.5. The highest BCUT2D eigenvalue weighted by Crippen LogP contribution is 2.29. The molecule has 26 heavy (non-hydrogen) atoms. The topological polar surface area (TPSA) is 88.7 Å². The highest BCUT2D eigenvalue weighted by Gasteiger charge is 2.07. The molecule has 0 fully saturated rings. The Morgan fingerprint density at radius 3 is 2.27 bits per heavy atom. The van der Waals surface area contributed by atoms with Gasteiger partial charge in [-0.15, -0.1) is 0 Å². The van der Waals surface area contributed by atoms with E-state index in [1.807, 2.05) is 18.2 Å². The van der Waals surface area contributed by atoms with E-state index in [4.69, 9.17) is 9.47 Å². The molecule has 138 valence electrons. The number of ether oxygens (including phenoxy) is 2. The number of carbonyl (C=O) groups excluding carboxylic acids is 2. The van der Waals surface area contributed by atoms with Gasteiger partial charge in [-0.1, -0.05) is 6.07 Å². The third kappa shape index (κ3) is 5.70. The zero-order valence-corrected chi connectivity index (χ0v) is 15.1. The van der Waals surface area contributed by atoms with Crippen molar-refractivity contribution in [3.8, 4) is 11.5 Å². The van der Waals surface area contributed by atoms with Crippen LogP contribution in [0.5, 0.6) is 11.5 Å². The molecule has 0 aliphatic carbocycles. The van der Waals surface area contributed by atoms with Crippen LogP contribution in [0, 0.1) is 0 Å². The molecule has 2 aromatic carbocycles. The summed E-state index contributed by atoms with van der Waals surface area (Å²) in [6.07, 6.45) is 0.290. The number of hydrogen-bond acceptors (Lipinski definition) is 5. The second-order valence-corrected chi connectivity index (χ2v) is 5.56. The second kappa shape index (κ2) is 9.31. The van der Waals surface area contributed by atoms with E-state index in [1.165, 1.54) is 6.92 Å². The predicted molar refractivity (Wildman–Crippen MR) is 102 cm³/mol. The Hall–Kier alpha value is -3.22. The van der Waals surface area contributed by atoms with Crippen LogP contribution < -0.4 is 25.4 Å². The summed E-state index contributed by atoms with van der Waals surface area (Å²) in [5.41, 5.74) is 2.17. The van der Waals surface area contributed by atoms with Crippen LogP contribution >= 0.6 is 0 Å². The van der Waals surface area contributed by atoms with Crippen molar-refractivity contribution >= 4 is 28.9 Å². The molecule has 0 saturated heterocycles. The summed E-state index contributed by atoms with van der Waals surface area (Å²) in [5.74, 6) is 0.906. The lowest BCUT2D eigenvalue weighted by molar-refractivity contribution is -0.116. The summed E-state index contributed by atoms with van der Waals surface area (Å²) in [6, 6.07) is 12.5. The first-order chi connectivity index (χ1) is 12.5. The highest BCUT2D eigenvalue weighted by molar-refractivity contribution is 5.91. The Bertz CT molecular complexity index is 777. The zero-order chi connectivity index (χ0) is 18.9. The SMILES string of the molecule is COc1ccc(NC(=O)CCNc2cccc(NC(C)=O)c2)cc1OC. The van der Waals surface area contributed by atoms with E-state index in [2.05, 4.69) is 16.0 Å². The first kappa shape index (κ1) is 19.1. The number of anilines is 3. The summed E-state index contributed by atoms with van der Waals surface area (Å²) in [5, 5.41) is 8.70. The number of rotatable bonds is 8. The van der Waals surface area contributed by atoms with Gasteiger partial charge in [0.15, 0.2) is 11.5 Å². The molecule has 2 aromatic rings. The van der Waals surface area contributed by atoms with Crippen molar-refractivity contribution in [1.29, 1.82) is 0 Å². The van der Waals surface area contributed by atoms with E-state index >= 15 is 0 Å². The lowest BCUT2D eigenvalue weighted by Crippen LogP contribution is -2.16. The molecule has 2 rings (SSSR count). The monoisotopic (exact) mass is 357 g/mol. The zero-order valence-electron chi connectivity index (χ0n) is 15.1. The summed E-state index contributed by atoms with van der Waals surface area (Å²) in [7, 11) is 3.10. The quantitative estimate of drug-likeness (QED) is 0.676. The van der Waals surface area contributed by atoms with Crippen molar-refractivity contribution in [2.75, 3.05) is 36.7 Å². The number of methoxy groups -OCH3 is 2. The van der Waals surface area contributed by atoms with Crippen LogP contribution in [-0.4, -0.2) is 32.6 Å². The first-order valence-corrected chi connectivity index (χ1v) is 8.15. The van der Waals surface area contributed by atoms with Gasteiger partial charge in [0.25, 0.3) is 0 Å². The molecule has 0 aliphatic rings. The lowest BCUT2D eigenvalue weighted by atomic mass is 10.2. The molecule has 0 atom stereocenters. The van der Waals surface area contributed by atoms with Gasteiger partial charge in [-0.05, 0) is 30.3 Å². The average Bonchev–Trinajstić information content (AvgIpc) is 2.61. The maximum absolute atomic E-state index is 12.1. The summed E-state index contributed by atoms with van der Waals surface area (Å²) < 4.78 is 10.4. The molecule has 2 amide bonds. The molecule has 7 nitrogen and oxygen atoms in total. The van der Waals surface area contributed by atoms with E-state index < -0.39 is 0 Å². The standard InChI is InChI=1S/C19H23N3O4/c1-13(23)21-15-6-4-5-14(11-15)20-10-9-19(24)22-16-7-8-17(25-2)18(12-16)26-3/h4-8,11-12,20H,9-10H2,1-3H3,(H,21,23)(H,22,24). The van der Waals surface area contributed by atoms with Gasteiger partial charge in [-0.25, -0.2) is 0 Å². The molecule has 0 bridgehead atoms. The molecular weight excluding hydrogens is 334 g/mol. The third-order valence-electron chi connectivity index (χ3n) is 3.53. The van der Waals surface area contributed by atoms with Crippen molar-refractivity contribution in [2.45, 2.75) is 13.3 Å². The number of hydrogen-bond donors (Lipinski definition) is 3. The molecule has 0 heterocycles. The smallest absolute Gasteiger partial charge is 0.226 e. The summed E-state index contributed by atoms with van der Waals surface area (Å²) in [6.45, 7) is 1.92. The molecule has 0 aliphatic heterocycles. The molecule has 0 saturated carbocycles. The van der Waals surface area contributed by atoms with E-state index in [0.717, 1.165) is 5.69 Å². The lowest BCUT2D eigenvalue weighted by Gasteiger charge is -2.11. The molecule has 0 spiro atoms. The van der Waals surface area contributed by atoms with Crippen LogP contribution in [0.2, 0.25) is 0 Å². The van der Waals surface area contributed by atoms with Crippen molar-refractivity contribution < 1.29 is 19.1 Å². The van der Waals surface area contributed by atoms with Crippen molar-refractivity contribution in [1.82, 2.24) is 0 Å². The molecule has 0 radical (unpaired) electrons. The van der Waals surface area contributed by atoms with Crippen molar-refractivity contribution in [3.63, 3.8) is 0 Å². The van der Waals surface area contributed by atoms with Gasteiger partial charge in [0.2, 0.25) is 11.8 Å². The minimum Gasteiger partial charge on any atom is -0.493 e. The summed E-state index contributed by atoms with van der Waals surface area (Å²) >= 11 is 0. The molecule has 0 unspecified atom stereocenters. The Balaban J connectivity index is 1.85. The van der Waals surface area contributed by atoms with Gasteiger partial charge in [-0.2, -0.15) is 0 Å². The van der Waals surface area contributed by atoms with E-state index in [9.17, 15) is 9.59 Å². The normalized spacial score (nSPS) is 9.96. The van der Waals surface area contributed by atoms with Crippen LogP contribution in [0.1, 0.15) is 13.3 Å². The maximum atomic E-state index is 12.1. The largest absolute Gasteiger partial charge is 0.493 e. The third-order valence-corrected chi connectivity index (χ3v) is 3.53. The fourth-order valence-electron chi connectivity index (χ4n) is 2.37. The van der Waals surface area contributed by atoms with Gasteiger partial charge < -0.3 is 25.4 Å². The molecule has 3 N–H and O–H groups in total. The Kier molecular flexibility index (Phi) is 6.84. The number of nitrogens with one attached hydrogen (secondary N) is 3. The molecule has 7 heteroatoms. The summed E-state index contributed by atoms with van der Waals surface area (Å²) in [4.78, 5) is 23.2. The Labute approximate surface area is 152 Å². The van der Waals surface area contributed by atoms with Gasteiger partial charge in [0.1, 0.15) is 0 Å². The van der Waals surface area contributed by atoms with E-state index in [1.54, 1.807) is 38.5 Å². The maximum Gasteiger partial charge on any atom is 0.226 e. The molecule has 0 aromatic heterocycles. The van der Waals surface area contributed by atoms with Gasteiger partial charge in [0, 0.05) is 43.0 Å². The second-order valence-electron chi connectivity index (χ2n) is 5.56. The molecular formula is C19H23N3O4. The Morgan fingerprint density at radius 1 is 0.885 bits per heavy atom. The number of amides is 2. The number of benzene rings is 2. The van der Waals surface area contributed by atoms with Crippen LogP contribution in [0.25, 0.3) is 0 Å². The van der Waals surface area contributed by atoms with Crippen LogP contribution in [-0.2, 0) is 9.59 Å². The van der Waals surface area contributed by atoms with E-state index in [0.29, 0.717) is 35.8 Å². The van der Waals surface area contributed by atoms with Crippen molar-refractivity contribution in [3.05, 3.63) is 42.5 Å². The van der Waals surface area contributed by atoms with Crippen LogP contribution in [0.15, 0.2) is 42.5 Å². The van der Waals surface area contributed by atoms with Crippen LogP contribution in [0.4, 0.5) is 17.1 Å². The predicted octanol–water partition coefficient (Wildman–Crippen LogP) is 3.10. The van der Waals surface area contributed by atoms with Gasteiger partial charge in [-0.3, -0.25) is 9.59 Å². The van der Waals surface area contributed by atoms with E-state index in [-0.39, 0.29) is 11.8 Å². The minimum atomic E-state index is -0.128. The van der Waals surface area contributed by atoms with Gasteiger partial charge in [0.05, 0.1) is 14.2 Å². The van der Waals surface area contributed by atoms with Gasteiger partial charge >= 0.3 is 0 Å². The van der Waals surface area contributed by atoms with Crippen molar-refractivity contribution in [2.24, 2.45) is 0 Å². The fourth-order valence-corrected chi connectivity index (χ4v) is 2.37. The van der Waals surface area contributed by atoms with Crippen LogP contribution in [0.3, 0.4) is 0 Å².